The van der Waals surface area contributed by atoms with E-state index in [4.69, 9.17) is 9.84 Å². The maximum atomic E-state index is 8.75. The first-order valence-corrected chi connectivity index (χ1v) is 3.65. The Kier molecular flexibility index (Phi) is 2.65. The number of methoxy groups -OCH3 is 1. The van der Waals surface area contributed by atoms with Crippen molar-refractivity contribution in [3.63, 3.8) is 0 Å². The third kappa shape index (κ3) is 1.48. The van der Waals surface area contributed by atoms with Crippen molar-refractivity contribution in [2.45, 2.75) is 19.1 Å². The van der Waals surface area contributed by atoms with Gasteiger partial charge in [0.1, 0.15) is 0 Å². The van der Waals surface area contributed by atoms with Gasteiger partial charge in [0.2, 0.25) is 0 Å². The summed E-state index contributed by atoms with van der Waals surface area (Å²) in [6.45, 7) is 4.21. The fourth-order valence-corrected chi connectivity index (χ4v) is 1.09. The van der Waals surface area contributed by atoms with Gasteiger partial charge in [0.05, 0.1) is 12.7 Å². The molecule has 1 rings (SSSR count). The van der Waals surface area contributed by atoms with Crippen LogP contribution >= 0.6 is 0 Å². The standard InChI is InChI=1S/C7H15NO2/c1-6(5-9)8-3-7(4-8)10-2/h6-7,9H,3-5H2,1-2H3. The highest BCUT2D eigenvalue weighted by Crippen LogP contribution is 2.13. The highest BCUT2D eigenvalue weighted by molar-refractivity contribution is 4.83. The van der Waals surface area contributed by atoms with E-state index < -0.39 is 0 Å². The van der Waals surface area contributed by atoms with Gasteiger partial charge in [0, 0.05) is 26.2 Å². The summed E-state index contributed by atoms with van der Waals surface area (Å²) in [6.07, 6.45) is 0.397. The molecule has 0 saturated carbocycles. The molecule has 1 aliphatic heterocycles. The number of aliphatic hydroxyl groups is 1. The number of likely N-dealkylation sites (tertiary alicyclic amines) is 1. The minimum atomic E-state index is 0.246. The van der Waals surface area contributed by atoms with Crippen LogP contribution in [-0.2, 0) is 4.74 Å². The smallest absolute Gasteiger partial charge is 0.0825 e. The number of hydrogen-bond acceptors (Lipinski definition) is 3. The van der Waals surface area contributed by atoms with E-state index in [0.29, 0.717) is 12.1 Å². The van der Waals surface area contributed by atoms with E-state index in [1.165, 1.54) is 0 Å². The molecule has 0 aromatic rings. The van der Waals surface area contributed by atoms with Crippen LogP contribution in [0.2, 0.25) is 0 Å². The summed E-state index contributed by atoms with van der Waals surface area (Å²) in [6, 6.07) is 0.298. The molecule has 3 heteroatoms. The van der Waals surface area contributed by atoms with Crippen molar-refractivity contribution in [1.29, 1.82) is 0 Å². The first-order chi connectivity index (χ1) is 4.77. The van der Waals surface area contributed by atoms with Crippen molar-refractivity contribution >= 4 is 0 Å². The molecule has 1 aliphatic rings. The van der Waals surface area contributed by atoms with Crippen LogP contribution < -0.4 is 0 Å². The SMILES string of the molecule is COC1CN(C(C)CO)C1. The fraction of sp³-hybridized carbons (Fsp3) is 1.00. The molecular formula is C7H15NO2. The third-order valence-electron chi connectivity index (χ3n) is 2.10. The Bertz CT molecular complexity index is 102. The summed E-state index contributed by atoms with van der Waals surface area (Å²) in [5.41, 5.74) is 0. The van der Waals surface area contributed by atoms with Gasteiger partial charge in [-0.3, -0.25) is 4.90 Å². The summed E-state index contributed by atoms with van der Waals surface area (Å²) in [5, 5.41) is 8.75. The van der Waals surface area contributed by atoms with Gasteiger partial charge in [0.25, 0.3) is 0 Å². The zero-order valence-corrected chi connectivity index (χ0v) is 6.58. The van der Waals surface area contributed by atoms with Gasteiger partial charge in [-0.1, -0.05) is 0 Å². The summed E-state index contributed by atoms with van der Waals surface area (Å²) in [5.74, 6) is 0. The molecule has 0 aromatic carbocycles. The predicted octanol–water partition coefficient (Wildman–Crippen LogP) is -0.302. The molecule has 0 radical (unpaired) electrons. The van der Waals surface area contributed by atoms with Gasteiger partial charge in [-0.05, 0) is 6.92 Å². The van der Waals surface area contributed by atoms with Crippen LogP contribution in [-0.4, -0.2) is 49.0 Å². The molecule has 60 valence electrons. The Labute approximate surface area is 61.6 Å². The maximum absolute atomic E-state index is 8.75. The van der Waals surface area contributed by atoms with E-state index in [0.717, 1.165) is 13.1 Å². The quantitative estimate of drug-likeness (QED) is 0.591. The highest BCUT2D eigenvalue weighted by Gasteiger charge is 2.29. The number of hydrogen-bond donors (Lipinski definition) is 1. The molecule has 1 saturated heterocycles. The molecule has 0 amide bonds. The average molecular weight is 145 g/mol. The lowest BCUT2D eigenvalue weighted by Crippen LogP contribution is -2.56. The van der Waals surface area contributed by atoms with E-state index in [1.54, 1.807) is 7.11 Å². The molecule has 1 atom stereocenters. The van der Waals surface area contributed by atoms with E-state index >= 15 is 0 Å². The minimum absolute atomic E-state index is 0.246. The first kappa shape index (κ1) is 7.98. The Morgan fingerprint density at radius 2 is 2.30 bits per heavy atom. The number of aliphatic hydroxyl groups excluding tert-OH is 1. The van der Waals surface area contributed by atoms with Crippen LogP contribution in [0.1, 0.15) is 6.92 Å². The molecule has 1 unspecified atom stereocenters. The molecule has 0 aromatic heterocycles. The topological polar surface area (TPSA) is 32.7 Å². The zero-order chi connectivity index (χ0) is 7.56. The molecule has 10 heavy (non-hydrogen) atoms. The average Bonchev–Trinajstić information content (AvgIpc) is 1.85. The Balaban J connectivity index is 2.13. The lowest BCUT2D eigenvalue weighted by atomic mass is 10.1. The molecule has 1 N–H and O–H groups in total. The normalized spacial score (nSPS) is 24.3. The summed E-state index contributed by atoms with van der Waals surface area (Å²) in [7, 11) is 1.73. The Morgan fingerprint density at radius 1 is 1.70 bits per heavy atom. The molecule has 0 aliphatic carbocycles. The van der Waals surface area contributed by atoms with Gasteiger partial charge >= 0.3 is 0 Å². The van der Waals surface area contributed by atoms with Gasteiger partial charge in [-0.2, -0.15) is 0 Å². The van der Waals surface area contributed by atoms with E-state index in [9.17, 15) is 0 Å². The molecule has 3 nitrogen and oxygen atoms in total. The fourth-order valence-electron chi connectivity index (χ4n) is 1.09. The molecule has 1 heterocycles. The molecular weight excluding hydrogens is 130 g/mol. The lowest BCUT2D eigenvalue weighted by Gasteiger charge is -2.41. The zero-order valence-electron chi connectivity index (χ0n) is 6.58. The number of nitrogens with zero attached hydrogens (tertiary/aromatic N) is 1. The predicted molar refractivity (Wildman–Crippen MR) is 38.9 cm³/mol. The van der Waals surface area contributed by atoms with Crippen molar-refractivity contribution in [1.82, 2.24) is 4.90 Å². The van der Waals surface area contributed by atoms with Crippen molar-refractivity contribution in [3.05, 3.63) is 0 Å². The third-order valence-corrected chi connectivity index (χ3v) is 2.10. The van der Waals surface area contributed by atoms with Crippen LogP contribution in [0, 0.1) is 0 Å². The lowest BCUT2D eigenvalue weighted by molar-refractivity contribution is -0.0561. The Hall–Kier alpha value is -0.120. The monoisotopic (exact) mass is 145 g/mol. The van der Waals surface area contributed by atoms with E-state index in [1.807, 2.05) is 6.92 Å². The van der Waals surface area contributed by atoms with Gasteiger partial charge in [0.15, 0.2) is 0 Å². The van der Waals surface area contributed by atoms with Crippen LogP contribution in [0.5, 0.6) is 0 Å². The molecule has 0 spiro atoms. The molecule has 0 bridgehead atoms. The van der Waals surface area contributed by atoms with Crippen molar-refractivity contribution in [2.24, 2.45) is 0 Å². The van der Waals surface area contributed by atoms with Crippen molar-refractivity contribution in [3.8, 4) is 0 Å². The first-order valence-electron chi connectivity index (χ1n) is 3.65. The van der Waals surface area contributed by atoms with Crippen LogP contribution in [0.3, 0.4) is 0 Å². The van der Waals surface area contributed by atoms with Crippen molar-refractivity contribution < 1.29 is 9.84 Å². The van der Waals surface area contributed by atoms with Gasteiger partial charge < -0.3 is 9.84 Å². The van der Waals surface area contributed by atoms with Crippen LogP contribution in [0.15, 0.2) is 0 Å². The number of ether oxygens (including phenoxy) is 1. The minimum Gasteiger partial charge on any atom is -0.395 e. The van der Waals surface area contributed by atoms with Crippen LogP contribution in [0.25, 0.3) is 0 Å². The second-order valence-corrected chi connectivity index (χ2v) is 2.84. The summed E-state index contributed by atoms with van der Waals surface area (Å²) >= 11 is 0. The summed E-state index contributed by atoms with van der Waals surface area (Å²) < 4.78 is 5.09. The number of rotatable bonds is 3. The largest absolute Gasteiger partial charge is 0.395 e. The second kappa shape index (κ2) is 3.32. The molecule has 1 fully saturated rings. The van der Waals surface area contributed by atoms with Crippen molar-refractivity contribution in [2.75, 3.05) is 26.8 Å². The highest BCUT2D eigenvalue weighted by atomic mass is 16.5. The second-order valence-electron chi connectivity index (χ2n) is 2.84. The Morgan fingerprint density at radius 3 is 2.70 bits per heavy atom. The van der Waals surface area contributed by atoms with Gasteiger partial charge in [-0.25, -0.2) is 0 Å². The summed E-state index contributed by atoms with van der Waals surface area (Å²) in [4.78, 5) is 2.20. The van der Waals surface area contributed by atoms with E-state index in [-0.39, 0.29) is 6.61 Å². The maximum Gasteiger partial charge on any atom is 0.0825 e. The van der Waals surface area contributed by atoms with Gasteiger partial charge in [-0.15, -0.1) is 0 Å². The van der Waals surface area contributed by atoms with E-state index in [2.05, 4.69) is 4.90 Å². The van der Waals surface area contributed by atoms with Crippen LogP contribution in [0.4, 0.5) is 0 Å².